The number of nitrogens with zero attached hydrogens (tertiary/aromatic N) is 4. The zero-order valence-electron chi connectivity index (χ0n) is 18.1. The highest BCUT2D eigenvalue weighted by Gasteiger charge is 2.22. The molecule has 1 saturated heterocycles. The van der Waals surface area contributed by atoms with Crippen LogP contribution in [0.1, 0.15) is 25.3 Å². The molecule has 1 aromatic heterocycles. The molecule has 8 heteroatoms. The summed E-state index contributed by atoms with van der Waals surface area (Å²) in [6.07, 6.45) is 0. The number of rotatable bonds is 4. The number of hydrogen-bond acceptors (Lipinski definition) is 4. The van der Waals surface area contributed by atoms with E-state index >= 15 is 0 Å². The van der Waals surface area contributed by atoms with Crippen LogP contribution in [0, 0.1) is 0 Å². The first-order valence-electron chi connectivity index (χ1n) is 10.6. The Balaban J connectivity index is 1.33. The van der Waals surface area contributed by atoms with Crippen molar-refractivity contribution in [2.75, 3.05) is 36.4 Å². The first-order chi connectivity index (χ1) is 15.4. The maximum absolute atomic E-state index is 12.6. The highest BCUT2D eigenvalue weighted by Crippen LogP contribution is 2.29. The van der Waals surface area contributed by atoms with E-state index in [9.17, 15) is 4.79 Å². The van der Waals surface area contributed by atoms with Gasteiger partial charge in [0.2, 0.25) is 0 Å². The molecule has 0 aliphatic carbocycles. The van der Waals surface area contributed by atoms with Crippen molar-refractivity contribution in [3.63, 3.8) is 0 Å². The molecule has 0 saturated carbocycles. The van der Waals surface area contributed by atoms with Crippen molar-refractivity contribution in [3.8, 4) is 11.3 Å². The molecule has 6 nitrogen and oxygen atoms in total. The predicted octanol–water partition coefficient (Wildman–Crippen LogP) is 5.93. The fourth-order valence-electron chi connectivity index (χ4n) is 3.63. The monoisotopic (exact) mass is 469 g/mol. The van der Waals surface area contributed by atoms with E-state index in [2.05, 4.69) is 46.4 Å². The van der Waals surface area contributed by atoms with E-state index in [1.54, 1.807) is 12.1 Å². The minimum absolute atomic E-state index is 0.0826. The van der Waals surface area contributed by atoms with Crippen molar-refractivity contribution < 1.29 is 4.79 Å². The van der Waals surface area contributed by atoms with Gasteiger partial charge >= 0.3 is 6.03 Å². The molecule has 1 N–H and O–H groups in total. The molecule has 166 valence electrons. The molecule has 1 aliphatic heterocycles. The Kier molecular flexibility index (Phi) is 6.82. The van der Waals surface area contributed by atoms with Gasteiger partial charge in [-0.1, -0.05) is 49.2 Å². The lowest BCUT2D eigenvalue weighted by Gasteiger charge is -2.35. The first kappa shape index (κ1) is 22.4. The third-order valence-corrected chi connectivity index (χ3v) is 6.12. The largest absolute Gasteiger partial charge is 0.352 e. The van der Waals surface area contributed by atoms with Crippen LogP contribution in [0.15, 0.2) is 54.6 Å². The number of carbonyl (C=O) groups is 1. The second-order valence-corrected chi connectivity index (χ2v) is 8.93. The topological polar surface area (TPSA) is 61.4 Å². The third-order valence-electron chi connectivity index (χ3n) is 5.58. The number of urea groups is 1. The zero-order valence-corrected chi connectivity index (χ0v) is 19.6. The van der Waals surface area contributed by atoms with Crippen molar-refractivity contribution in [1.29, 1.82) is 0 Å². The molecule has 2 heterocycles. The molecule has 4 rings (SSSR count). The van der Waals surface area contributed by atoms with Crippen LogP contribution < -0.4 is 10.2 Å². The van der Waals surface area contributed by atoms with E-state index in [0.717, 1.165) is 17.1 Å². The lowest BCUT2D eigenvalue weighted by Crippen LogP contribution is -2.50. The second-order valence-electron chi connectivity index (χ2n) is 8.08. The maximum atomic E-state index is 12.6. The summed E-state index contributed by atoms with van der Waals surface area (Å²) in [6.45, 7) is 6.91. The minimum Gasteiger partial charge on any atom is -0.352 e. The maximum Gasteiger partial charge on any atom is 0.321 e. The van der Waals surface area contributed by atoms with Gasteiger partial charge in [0.25, 0.3) is 0 Å². The molecule has 0 unspecified atom stereocenters. The summed E-state index contributed by atoms with van der Waals surface area (Å²) in [4.78, 5) is 16.6. The Labute approximate surface area is 198 Å². The second kappa shape index (κ2) is 9.76. The lowest BCUT2D eigenvalue weighted by molar-refractivity contribution is 0.208. The number of aromatic nitrogens is 2. The minimum atomic E-state index is -0.0826. The van der Waals surface area contributed by atoms with E-state index in [-0.39, 0.29) is 6.03 Å². The van der Waals surface area contributed by atoms with E-state index < -0.39 is 0 Å². The van der Waals surface area contributed by atoms with Gasteiger partial charge in [-0.25, -0.2) is 4.79 Å². The summed E-state index contributed by atoms with van der Waals surface area (Å²) >= 11 is 12.2. The fraction of sp³-hybridized carbons (Fsp3) is 0.292. The van der Waals surface area contributed by atoms with E-state index in [4.69, 9.17) is 23.2 Å². The van der Waals surface area contributed by atoms with Crippen molar-refractivity contribution in [3.05, 3.63) is 70.2 Å². The Morgan fingerprint density at radius 1 is 0.938 bits per heavy atom. The highest BCUT2D eigenvalue weighted by molar-refractivity contribution is 6.36. The van der Waals surface area contributed by atoms with Crippen LogP contribution in [0.25, 0.3) is 11.3 Å². The number of carbonyl (C=O) groups excluding carboxylic acids is 1. The average molecular weight is 470 g/mol. The Morgan fingerprint density at radius 3 is 2.25 bits per heavy atom. The summed E-state index contributed by atoms with van der Waals surface area (Å²) in [5, 5.41) is 12.8. The number of anilines is 2. The van der Waals surface area contributed by atoms with Crippen LogP contribution in [0.2, 0.25) is 10.0 Å². The summed E-state index contributed by atoms with van der Waals surface area (Å²) in [6, 6.07) is 17.1. The first-order valence-corrected chi connectivity index (χ1v) is 11.4. The van der Waals surface area contributed by atoms with Gasteiger partial charge in [0, 0.05) is 42.5 Å². The Bertz CT molecular complexity index is 1080. The molecule has 3 aromatic rings. The van der Waals surface area contributed by atoms with Gasteiger partial charge in [-0.2, -0.15) is 0 Å². The zero-order chi connectivity index (χ0) is 22.7. The predicted molar refractivity (Wildman–Crippen MR) is 131 cm³/mol. The average Bonchev–Trinajstić information content (AvgIpc) is 2.80. The van der Waals surface area contributed by atoms with Crippen molar-refractivity contribution in [2.24, 2.45) is 0 Å². The molecule has 2 amide bonds. The summed E-state index contributed by atoms with van der Waals surface area (Å²) < 4.78 is 0. The van der Waals surface area contributed by atoms with E-state index in [1.807, 2.05) is 35.2 Å². The summed E-state index contributed by atoms with van der Waals surface area (Å²) in [5.41, 5.74) is 3.54. The molecular formula is C24H25Cl2N5O. The van der Waals surface area contributed by atoms with E-state index in [1.165, 1.54) is 5.56 Å². The number of halogens is 2. The molecule has 2 aromatic carbocycles. The van der Waals surface area contributed by atoms with Crippen LogP contribution in [0.5, 0.6) is 0 Å². The molecule has 0 radical (unpaired) electrons. The standard InChI is InChI=1S/C24H25Cl2N5O/c1-16(2)17-3-6-19(7-4-17)27-24(32)31-13-11-30(12-14-31)23-10-9-22(28-29-23)20-8-5-18(25)15-21(20)26/h3-10,15-16H,11-14H2,1-2H3,(H,27,32). The van der Waals surface area contributed by atoms with Gasteiger partial charge in [0.1, 0.15) is 0 Å². The lowest BCUT2D eigenvalue weighted by atomic mass is 10.0. The number of piperazine rings is 1. The number of nitrogens with one attached hydrogen (secondary N) is 1. The van der Waals surface area contributed by atoms with Crippen LogP contribution in [0.3, 0.4) is 0 Å². The summed E-state index contributed by atoms with van der Waals surface area (Å²) in [5.74, 6) is 1.25. The van der Waals surface area contributed by atoms with Crippen LogP contribution in [-0.4, -0.2) is 47.3 Å². The highest BCUT2D eigenvalue weighted by atomic mass is 35.5. The van der Waals surface area contributed by atoms with Crippen LogP contribution >= 0.6 is 23.2 Å². The smallest absolute Gasteiger partial charge is 0.321 e. The van der Waals surface area contributed by atoms with Gasteiger partial charge in [0.05, 0.1) is 10.7 Å². The normalized spacial score (nSPS) is 14.0. The number of hydrogen-bond donors (Lipinski definition) is 1. The molecule has 0 atom stereocenters. The molecular weight excluding hydrogens is 445 g/mol. The van der Waals surface area contributed by atoms with Crippen molar-refractivity contribution in [2.45, 2.75) is 19.8 Å². The van der Waals surface area contributed by atoms with E-state index in [0.29, 0.717) is 47.8 Å². The Hall–Kier alpha value is -2.83. The van der Waals surface area contributed by atoms with Crippen LogP contribution in [-0.2, 0) is 0 Å². The van der Waals surface area contributed by atoms with Crippen molar-refractivity contribution >= 4 is 40.7 Å². The SMILES string of the molecule is CC(C)c1ccc(NC(=O)N2CCN(c3ccc(-c4ccc(Cl)cc4Cl)nn3)CC2)cc1. The van der Waals surface area contributed by atoms with Gasteiger partial charge in [-0.3, -0.25) is 0 Å². The van der Waals surface area contributed by atoms with Crippen molar-refractivity contribution in [1.82, 2.24) is 15.1 Å². The van der Waals surface area contributed by atoms with Gasteiger partial charge in [0.15, 0.2) is 5.82 Å². The molecule has 1 fully saturated rings. The van der Waals surface area contributed by atoms with Gasteiger partial charge < -0.3 is 15.1 Å². The Morgan fingerprint density at radius 2 is 1.66 bits per heavy atom. The molecule has 1 aliphatic rings. The summed E-state index contributed by atoms with van der Waals surface area (Å²) in [7, 11) is 0. The van der Waals surface area contributed by atoms with Gasteiger partial charge in [-0.05, 0) is 53.9 Å². The quantitative estimate of drug-likeness (QED) is 0.514. The molecule has 0 spiro atoms. The number of amides is 2. The van der Waals surface area contributed by atoms with Gasteiger partial charge in [-0.15, -0.1) is 10.2 Å². The fourth-order valence-corrected chi connectivity index (χ4v) is 4.13. The molecule has 32 heavy (non-hydrogen) atoms. The molecule has 0 bridgehead atoms. The van der Waals surface area contributed by atoms with Crippen LogP contribution in [0.4, 0.5) is 16.3 Å². The number of benzene rings is 2. The third kappa shape index (κ3) is 5.14.